The lowest BCUT2D eigenvalue weighted by Gasteiger charge is -2.21. The summed E-state index contributed by atoms with van der Waals surface area (Å²) in [6, 6.07) is 39.0. The van der Waals surface area contributed by atoms with Crippen molar-refractivity contribution < 1.29 is 0 Å². The van der Waals surface area contributed by atoms with Crippen LogP contribution in [0.15, 0.2) is 109 Å². The molecule has 1 aromatic heterocycles. The zero-order valence-corrected chi connectivity index (χ0v) is 19.6. The SMILES string of the molecule is CC(C)(C)c1ccc(Cn2c(C(c3ccccc3)c3ccccc3)nc3ccccc32)cc1. The molecule has 0 radical (unpaired) electrons. The van der Waals surface area contributed by atoms with Gasteiger partial charge in [-0.1, -0.05) is 118 Å². The van der Waals surface area contributed by atoms with Gasteiger partial charge in [0.15, 0.2) is 0 Å². The highest BCUT2D eigenvalue weighted by molar-refractivity contribution is 5.76. The molecule has 5 aromatic rings. The van der Waals surface area contributed by atoms with E-state index in [-0.39, 0.29) is 11.3 Å². The van der Waals surface area contributed by atoms with Gasteiger partial charge in [-0.3, -0.25) is 0 Å². The number of fused-ring (bicyclic) bond motifs is 1. The molecule has 0 saturated heterocycles. The summed E-state index contributed by atoms with van der Waals surface area (Å²) in [5.74, 6) is 1.14. The zero-order valence-electron chi connectivity index (χ0n) is 19.6. The van der Waals surface area contributed by atoms with Crippen LogP contribution in [-0.4, -0.2) is 9.55 Å². The number of aromatic nitrogens is 2. The van der Waals surface area contributed by atoms with Crippen molar-refractivity contribution in [3.05, 3.63) is 137 Å². The lowest BCUT2D eigenvalue weighted by atomic mass is 9.86. The Morgan fingerprint density at radius 2 is 1.21 bits per heavy atom. The van der Waals surface area contributed by atoms with Gasteiger partial charge in [0.1, 0.15) is 5.82 Å². The first-order valence-electron chi connectivity index (χ1n) is 11.7. The summed E-state index contributed by atoms with van der Waals surface area (Å²) in [5, 5.41) is 0. The largest absolute Gasteiger partial charge is 0.323 e. The molecular formula is C31H30N2. The number of benzene rings is 4. The average Bonchev–Trinajstić information content (AvgIpc) is 3.18. The Morgan fingerprint density at radius 1 is 0.667 bits per heavy atom. The number of nitrogens with zero attached hydrogens (tertiary/aromatic N) is 2. The summed E-state index contributed by atoms with van der Waals surface area (Å²) in [7, 11) is 0. The standard InChI is InChI=1S/C31H30N2/c1-31(2,3)26-20-18-23(19-21-26)22-33-28-17-11-10-16-27(28)32-30(33)29(24-12-6-4-7-13-24)25-14-8-5-9-15-25/h4-21,29H,22H2,1-3H3. The predicted octanol–water partition coefficient (Wildman–Crippen LogP) is 7.56. The molecule has 0 aliphatic heterocycles. The lowest BCUT2D eigenvalue weighted by Crippen LogP contribution is -2.13. The van der Waals surface area contributed by atoms with Gasteiger partial charge in [0.25, 0.3) is 0 Å². The topological polar surface area (TPSA) is 17.8 Å². The van der Waals surface area contributed by atoms with Gasteiger partial charge in [0.2, 0.25) is 0 Å². The van der Waals surface area contributed by atoms with Crippen LogP contribution in [0.4, 0.5) is 0 Å². The third-order valence-electron chi connectivity index (χ3n) is 6.37. The lowest BCUT2D eigenvalue weighted by molar-refractivity contribution is 0.589. The van der Waals surface area contributed by atoms with Gasteiger partial charge in [-0.25, -0.2) is 4.98 Å². The first-order valence-corrected chi connectivity index (χ1v) is 11.7. The molecule has 2 nitrogen and oxygen atoms in total. The third-order valence-corrected chi connectivity index (χ3v) is 6.37. The molecular weight excluding hydrogens is 400 g/mol. The van der Waals surface area contributed by atoms with Crippen LogP contribution in [0.5, 0.6) is 0 Å². The molecule has 2 heteroatoms. The van der Waals surface area contributed by atoms with Crippen LogP contribution in [-0.2, 0) is 12.0 Å². The molecule has 0 bridgehead atoms. The Balaban J connectivity index is 1.66. The van der Waals surface area contributed by atoms with Crippen LogP contribution in [0.1, 0.15) is 54.8 Å². The van der Waals surface area contributed by atoms with E-state index in [1.165, 1.54) is 27.8 Å². The maximum Gasteiger partial charge on any atom is 0.122 e. The summed E-state index contributed by atoms with van der Waals surface area (Å²) in [6.07, 6.45) is 0. The Labute approximate surface area is 196 Å². The predicted molar refractivity (Wildman–Crippen MR) is 138 cm³/mol. The van der Waals surface area contributed by atoms with E-state index < -0.39 is 0 Å². The van der Waals surface area contributed by atoms with Crippen molar-refractivity contribution in [2.45, 2.75) is 38.6 Å². The first-order chi connectivity index (χ1) is 16.0. The van der Waals surface area contributed by atoms with Gasteiger partial charge < -0.3 is 4.57 Å². The number of hydrogen-bond donors (Lipinski definition) is 0. The number of rotatable bonds is 5. The summed E-state index contributed by atoms with van der Waals surface area (Å²) < 4.78 is 2.39. The van der Waals surface area contributed by atoms with Gasteiger partial charge in [0, 0.05) is 6.54 Å². The first kappa shape index (κ1) is 21.2. The van der Waals surface area contributed by atoms with E-state index in [9.17, 15) is 0 Å². The molecule has 0 unspecified atom stereocenters. The fraction of sp³-hybridized carbons (Fsp3) is 0.194. The number of imidazole rings is 1. The minimum atomic E-state index is 0.0636. The van der Waals surface area contributed by atoms with E-state index >= 15 is 0 Å². The van der Waals surface area contributed by atoms with Crippen molar-refractivity contribution in [1.82, 2.24) is 9.55 Å². The maximum atomic E-state index is 5.18. The molecule has 164 valence electrons. The summed E-state index contributed by atoms with van der Waals surface area (Å²) in [6.45, 7) is 7.56. The number of para-hydroxylation sites is 2. The quantitative estimate of drug-likeness (QED) is 0.281. The minimum absolute atomic E-state index is 0.0636. The number of hydrogen-bond acceptors (Lipinski definition) is 1. The van der Waals surface area contributed by atoms with Crippen LogP contribution in [0.25, 0.3) is 11.0 Å². The second kappa shape index (κ2) is 8.71. The molecule has 0 atom stereocenters. The van der Waals surface area contributed by atoms with E-state index in [4.69, 9.17) is 4.98 Å². The van der Waals surface area contributed by atoms with Crippen LogP contribution >= 0.6 is 0 Å². The van der Waals surface area contributed by atoms with E-state index in [1.54, 1.807) is 0 Å². The highest BCUT2D eigenvalue weighted by Crippen LogP contribution is 2.34. The Bertz CT molecular complexity index is 1300. The smallest absolute Gasteiger partial charge is 0.122 e. The molecule has 0 aliphatic carbocycles. The van der Waals surface area contributed by atoms with Crippen LogP contribution in [0.3, 0.4) is 0 Å². The Kier molecular flexibility index (Phi) is 5.60. The van der Waals surface area contributed by atoms with Crippen molar-refractivity contribution >= 4 is 11.0 Å². The third kappa shape index (κ3) is 4.34. The second-order valence-corrected chi connectivity index (χ2v) is 9.75. The molecule has 0 aliphatic rings. The van der Waals surface area contributed by atoms with Gasteiger partial charge >= 0.3 is 0 Å². The Morgan fingerprint density at radius 3 is 1.79 bits per heavy atom. The molecule has 5 rings (SSSR count). The van der Waals surface area contributed by atoms with Crippen LogP contribution < -0.4 is 0 Å². The van der Waals surface area contributed by atoms with Gasteiger partial charge in [-0.2, -0.15) is 0 Å². The molecule has 4 aromatic carbocycles. The highest BCUT2D eigenvalue weighted by Gasteiger charge is 2.24. The van der Waals surface area contributed by atoms with Crippen molar-refractivity contribution in [3.63, 3.8) is 0 Å². The molecule has 0 N–H and O–H groups in total. The molecule has 0 amide bonds. The van der Waals surface area contributed by atoms with E-state index in [2.05, 4.69) is 135 Å². The average molecular weight is 431 g/mol. The van der Waals surface area contributed by atoms with Gasteiger partial charge in [-0.05, 0) is 39.8 Å². The normalized spacial score (nSPS) is 11.9. The molecule has 33 heavy (non-hydrogen) atoms. The van der Waals surface area contributed by atoms with Gasteiger partial charge in [0.05, 0.1) is 17.0 Å². The fourth-order valence-corrected chi connectivity index (χ4v) is 4.55. The zero-order chi connectivity index (χ0) is 22.8. The Hall–Kier alpha value is -3.65. The monoisotopic (exact) mass is 430 g/mol. The summed E-state index contributed by atoms with van der Waals surface area (Å²) >= 11 is 0. The fourth-order valence-electron chi connectivity index (χ4n) is 4.55. The van der Waals surface area contributed by atoms with Crippen molar-refractivity contribution in [1.29, 1.82) is 0 Å². The van der Waals surface area contributed by atoms with Crippen molar-refractivity contribution in [2.75, 3.05) is 0 Å². The summed E-state index contributed by atoms with van der Waals surface area (Å²) in [5.41, 5.74) is 7.50. The molecule has 0 saturated carbocycles. The minimum Gasteiger partial charge on any atom is -0.323 e. The van der Waals surface area contributed by atoms with Crippen molar-refractivity contribution in [3.8, 4) is 0 Å². The molecule has 1 heterocycles. The molecule has 0 fully saturated rings. The van der Waals surface area contributed by atoms with E-state index in [0.717, 1.165) is 17.9 Å². The van der Waals surface area contributed by atoms with Crippen molar-refractivity contribution in [2.24, 2.45) is 0 Å². The van der Waals surface area contributed by atoms with Crippen LogP contribution in [0.2, 0.25) is 0 Å². The van der Waals surface area contributed by atoms with E-state index in [1.807, 2.05) is 0 Å². The highest BCUT2D eigenvalue weighted by atomic mass is 15.1. The maximum absolute atomic E-state index is 5.18. The molecule has 0 spiro atoms. The summed E-state index contributed by atoms with van der Waals surface area (Å²) in [4.78, 5) is 5.18. The van der Waals surface area contributed by atoms with E-state index in [0.29, 0.717) is 0 Å². The van der Waals surface area contributed by atoms with Gasteiger partial charge in [-0.15, -0.1) is 0 Å². The second-order valence-electron chi connectivity index (χ2n) is 9.75. The van der Waals surface area contributed by atoms with Crippen LogP contribution in [0, 0.1) is 0 Å².